The van der Waals surface area contributed by atoms with Crippen LogP contribution < -0.4 is 10.2 Å². The normalized spacial score (nSPS) is 19.4. The highest BCUT2D eigenvalue weighted by molar-refractivity contribution is 5.28. The summed E-state index contributed by atoms with van der Waals surface area (Å²) in [7, 11) is 4.12. The van der Waals surface area contributed by atoms with Crippen LogP contribution in [0, 0.1) is 5.41 Å². The maximum absolute atomic E-state index is 5.42. The van der Waals surface area contributed by atoms with Gasteiger partial charge in [-0.1, -0.05) is 20.8 Å². The Balaban J connectivity index is 1.98. The van der Waals surface area contributed by atoms with Gasteiger partial charge in [-0.05, 0) is 24.7 Å². The van der Waals surface area contributed by atoms with Crippen molar-refractivity contribution in [3.8, 4) is 0 Å². The molecule has 1 N–H and O–H groups in total. The van der Waals surface area contributed by atoms with E-state index in [0.717, 1.165) is 38.5 Å². The second kappa shape index (κ2) is 6.10. The van der Waals surface area contributed by atoms with Crippen molar-refractivity contribution in [2.24, 2.45) is 5.41 Å². The molecule has 1 aromatic rings. The van der Waals surface area contributed by atoms with E-state index in [9.17, 15) is 0 Å². The van der Waals surface area contributed by atoms with Crippen LogP contribution in [0.1, 0.15) is 26.7 Å². The smallest absolute Gasteiger partial charge is 0.266 e. The standard InChI is InChI=1S/C14H27N5O/c1-14(2,3)11(15-4)10-12-16-13(17-20-12)19-8-6-18(5)7-9-19/h11,15H,6-10H2,1-5H3. The molecule has 2 heterocycles. The fourth-order valence-corrected chi connectivity index (χ4v) is 2.48. The molecule has 0 spiro atoms. The highest BCUT2D eigenvalue weighted by Gasteiger charge is 2.26. The third-order valence-corrected chi connectivity index (χ3v) is 4.02. The van der Waals surface area contributed by atoms with E-state index in [1.165, 1.54) is 0 Å². The fraction of sp³-hybridized carbons (Fsp3) is 0.857. The lowest BCUT2D eigenvalue weighted by atomic mass is 9.85. The van der Waals surface area contributed by atoms with Crippen molar-refractivity contribution in [2.75, 3.05) is 45.2 Å². The van der Waals surface area contributed by atoms with Crippen LogP contribution in [0.5, 0.6) is 0 Å². The van der Waals surface area contributed by atoms with Gasteiger partial charge in [-0.3, -0.25) is 0 Å². The number of anilines is 1. The van der Waals surface area contributed by atoms with Crippen LogP contribution in [-0.4, -0.2) is 61.4 Å². The molecular formula is C14H27N5O. The van der Waals surface area contributed by atoms with Gasteiger partial charge in [0.05, 0.1) is 0 Å². The van der Waals surface area contributed by atoms with Gasteiger partial charge < -0.3 is 19.6 Å². The van der Waals surface area contributed by atoms with Gasteiger partial charge in [-0.25, -0.2) is 0 Å². The third-order valence-electron chi connectivity index (χ3n) is 4.02. The molecule has 2 rings (SSSR count). The van der Waals surface area contributed by atoms with E-state index in [2.05, 4.69) is 53.1 Å². The largest absolute Gasteiger partial charge is 0.337 e. The number of hydrogen-bond acceptors (Lipinski definition) is 6. The highest BCUT2D eigenvalue weighted by Crippen LogP contribution is 2.22. The Kier molecular flexibility index (Phi) is 4.65. The molecule has 114 valence electrons. The van der Waals surface area contributed by atoms with Crippen molar-refractivity contribution in [1.82, 2.24) is 20.4 Å². The van der Waals surface area contributed by atoms with Crippen molar-refractivity contribution in [3.05, 3.63) is 5.89 Å². The summed E-state index contributed by atoms with van der Waals surface area (Å²) in [6, 6.07) is 0.322. The second-order valence-electron chi connectivity index (χ2n) is 6.69. The molecule has 0 bridgehead atoms. The molecular weight excluding hydrogens is 254 g/mol. The molecule has 0 amide bonds. The van der Waals surface area contributed by atoms with E-state index in [1.807, 2.05) is 7.05 Å². The van der Waals surface area contributed by atoms with Gasteiger partial charge in [0, 0.05) is 38.6 Å². The van der Waals surface area contributed by atoms with Crippen molar-refractivity contribution in [2.45, 2.75) is 33.2 Å². The van der Waals surface area contributed by atoms with E-state index in [4.69, 9.17) is 4.52 Å². The Labute approximate surface area is 121 Å². The molecule has 1 aliphatic rings. The summed E-state index contributed by atoms with van der Waals surface area (Å²) >= 11 is 0. The summed E-state index contributed by atoms with van der Waals surface area (Å²) in [5.74, 6) is 1.45. The zero-order valence-corrected chi connectivity index (χ0v) is 13.3. The summed E-state index contributed by atoms with van der Waals surface area (Å²) in [6.07, 6.45) is 0.765. The van der Waals surface area contributed by atoms with Gasteiger partial charge in [-0.15, -0.1) is 0 Å². The number of piperazine rings is 1. The van der Waals surface area contributed by atoms with Gasteiger partial charge in [-0.2, -0.15) is 4.98 Å². The lowest BCUT2D eigenvalue weighted by Gasteiger charge is -2.31. The topological polar surface area (TPSA) is 57.4 Å². The lowest BCUT2D eigenvalue weighted by Crippen LogP contribution is -2.45. The number of nitrogens with one attached hydrogen (secondary N) is 1. The average Bonchev–Trinajstić information content (AvgIpc) is 2.84. The zero-order chi connectivity index (χ0) is 14.8. The van der Waals surface area contributed by atoms with E-state index >= 15 is 0 Å². The van der Waals surface area contributed by atoms with E-state index in [-0.39, 0.29) is 5.41 Å². The molecule has 6 heteroatoms. The Hall–Kier alpha value is -1.14. The van der Waals surface area contributed by atoms with Gasteiger partial charge in [0.15, 0.2) is 0 Å². The number of nitrogens with zero attached hydrogens (tertiary/aromatic N) is 4. The summed E-state index contributed by atoms with van der Waals surface area (Å²) in [5, 5.41) is 7.46. The van der Waals surface area contributed by atoms with Crippen LogP contribution in [0.25, 0.3) is 0 Å². The fourth-order valence-electron chi connectivity index (χ4n) is 2.48. The minimum Gasteiger partial charge on any atom is -0.337 e. The van der Waals surface area contributed by atoms with Crippen molar-refractivity contribution in [1.29, 1.82) is 0 Å². The first-order valence-electron chi connectivity index (χ1n) is 7.33. The highest BCUT2D eigenvalue weighted by atomic mass is 16.5. The van der Waals surface area contributed by atoms with Crippen molar-refractivity contribution < 1.29 is 4.52 Å². The number of aromatic nitrogens is 2. The summed E-state index contributed by atoms with van der Waals surface area (Å²) < 4.78 is 5.42. The third kappa shape index (κ3) is 3.70. The van der Waals surface area contributed by atoms with Crippen LogP contribution in [0.15, 0.2) is 4.52 Å². The first-order chi connectivity index (χ1) is 9.40. The molecule has 6 nitrogen and oxygen atoms in total. The molecule has 1 aliphatic heterocycles. The molecule has 1 atom stereocenters. The van der Waals surface area contributed by atoms with Crippen LogP contribution in [0.3, 0.4) is 0 Å². The lowest BCUT2D eigenvalue weighted by molar-refractivity contribution is 0.255. The molecule has 20 heavy (non-hydrogen) atoms. The molecule has 0 aromatic carbocycles. The predicted molar refractivity (Wildman–Crippen MR) is 80.0 cm³/mol. The Bertz CT molecular complexity index is 417. The van der Waals surface area contributed by atoms with Crippen LogP contribution in [-0.2, 0) is 6.42 Å². The minimum absolute atomic E-state index is 0.164. The predicted octanol–water partition coefficient (Wildman–Crippen LogP) is 0.998. The van der Waals surface area contributed by atoms with Crippen LogP contribution >= 0.6 is 0 Å². The van der Waals surface area contributed by atoms with Crippen LogP contribution in [0.4, 0.5) is 5.95 Å². The van der Waals surface area contributed by atoms with Gasteiger partial charge in [0.25, 0.3) is 5.95 Å². The molecule has 0 saturated carbocycles. The van der Waals surface area contributed by atoms with Gasteiger partial charge in [0.2, 0.25) is 5.89 Å². The monoisotopic (exact) mass is 281 g/mol. The average molecular weight is 281 g/mol. The van der Waals surface area contributed by atoms with Crippen molar-refractivity contribution in [3.63, 3.8) is 0 Å². The molecule has 0 aliphatic carbocycles. The number of rotatable bonds is 4. The quantitative estimate of drug-likeness (QED) is 0.888. The Morgan fingerprint density at radius 1 is 1.25 bits per heavy atom. The van der Waals surface area contributed by atoms with Crippen LogP contribution in [0.2, 0.25) is 0 Å². The van der Waals surface area contributed by atoms with Crippen molar-refractivity contribution >= 4 is 5.95 Å². The Morgan fingerprint density at radius 2 is 1.90 bits per heavy atom. The molecule has 1 fully saturated rings. The minimum atomic E-state index is 0.164. The Morgan fingerprint density at radius 3 is 2.45 bits per heavy atom. The van der Waals surface area contributed by atoms with Gasteiger partial charge in [0.1, 0.15) is 0 Å². The maximum atomic E-state index is 5.42. The van der Waals surface area contributed by atoms with E-state index in [0.29, 0.717) is 11.9 Å². The van der Waals surface area contributed by atoms with Gasteiger partial charge >= 0.3 is 0 Å². The molecule has 0 radical (unpaired) electrons. The van der Waals surface area contributed by atoms with E-state index in [1.54, 1.807) is 0 Å². The SMILES string of the molecule is CNC(Cc1nc(N2CCN(C)CC2)no1)C(C)(C)C. The number of hydrogen-bond donors (Lipinski definition) is 1. The number of likely N-dealkylation sites (N-methyl/N-ethyl adjacent to an activating group) is 2. The first-order valence-corrected chi connectivity index (χ1v) is 7.33. The second-order valence-corrected chi connectivity index (χ2v) is 6.69. The summed E-state index contributed by atoms with van der Waals surface area (Å²) in [6.45, 7) is 10.7. The summed E-state index contributed by atoms with van der Waals surface area (Å²) in [4.78, 5) is 9.06. The zero-order valence-electron chi connectivity index (χ0n) is 13.3. The molecule has 1 saturated heterocycles. The first kappa shape index (κ1) is 15.3. The molecule has 1 aromatic heterocycles. The molecule has 1 unspecified atom stereocenters. The van der Waals surface area contributed by atoms with E-state index < -0.39 is 0 Å². The summed E-state index contributed by atoms with van der Waals surface area (Å²) in [5.41, 5.74) is 0.164. The maximum Gasteiger partial charge on any atom is 0.266 e.